The number of carboxylic acid groups (broad SMARTS) is 1. The molecule has 2 fully saturated rings. The number of carbonyl (C=O) groups excluding carboxylic acids is 1. The molecule has 1 heterocycles. The number of carbonyl (C=O) groups is 2. The lowest BCUT2D eigenvalue weighted by atomic mass is 9.69. The van der Waals surface area contributed by atoms with Crippen LogP contribution in [0.2, 0.25) is 0 Å². The van der Waals surface area contributed by atoms with Crippen molar-refractivity contribution in [3.8, 4) is 0 Å². The zero-order valence-corrected chi connectivity index (χ0v) is 12.4. The Morgan fingerprint density at radius 1 is 1.30 bits per heavy atom. The number of likely N-dealkylation sites (N-methyl/N-ethyl adjacent to an activating group) is 1. The second kappa shape index (κ2) is 5.99. The van der Waals surface area contributed by atoms with Gasteiger partial charge in [-0.05, 0) is 39.8 Å². The Morgan fingerprint density at radius 3 is 2.55 bits per heavy atom. The third-order valence-corrected chi connectivity index (χ3v) is 4.65. The van der Waals surface area contributed by atoms with Crippen molar-refractivity contribution in [1.29, 1.82) is 0 Å². The second-order valence-electron chi connectivity index (χ2n) is 6.26. The molecule has 1 unspecified atom stereocenters. The van der Waals surface area contributed by atoms with E-state index in [9.17, 15) is 14.7 Å². The lowest BCUT2D eigenvalue weighted by Crippen LogP contribution is -2.53. The van der Waals surface area contributed by atoms with Gasteiger partial charge in [-0.15, -0.1) is 0 Å². The Morgan fingerprint density at radius 2 is 2.00 bits per heavy atom. The lowest BCUT2D eigenvalue weighted by molar-refractivity contribution is -0.153. The Kier molecular flexibility index (Phi) is 4.52. The van der Waals surface area contributed by atoms with Crippen LogP contribution >= 0.6 is 0 Å². The lowest BCUT2D eigenvalue weighted by Gasteiger charge is -2.38. The number of hydrogen-bond acceptors (Lipinski definition) is 3. The number of amides is 2. The van der Waals surface area contributed by atoms with E-state index in [1.807, 2.05) is 11.8 Å². The molecule has 2 N–H and O–H groups in total. The molecule has 1 atom stereocenters. The van der Waals surface area contributed by atoms with Gasteiger partial charge < -0.3 is 20.2 Å². The molecule has 0 aromatic heterocycles. The minimum atomic E-state index is -0.785. The van der Waals surface area contributed by atoms with E-state index in [2.05, 4.69) is 17.3 Å². The number of nitrogens with zero attached hydrogens (tertiary/aromatic N) is 2. The fraction of sp³-hybridized carbons (Fsp3) is 0.857. The highest BCUT2D eigenvalue weighted by molar-refractivity contribution is 5.79. The van der Waals surface area contributed by atoms with Gasteiger partial charge >= 0.3 is 12.0 Å². The molecule has 2 aliphatic rings. The fourth-order valence-corrected chi connectivity index (χ4v) is 3.09. The van der Waals surface area contributed by atoms with Crippen molar-refractivity contribution in [3.05, 3.63) is 0 Å². The van der Waals surface area contributed by atoms with Crippen LogP contribution in [0.25, 0.3) is 0 Å². The molecule has 1 saturated carbocycles. The SMILES string of the molecule is CC1CN(C)CCCN1C(=O)NCC1(C(=O)O)CCC1. The number of urea groups is 1. The summed E-state index contributed by atoms with van der Waals surface area (Å²) in [6, 6.07) is 0.0324. The molecule has 0 spiro atoms. The third-order valence-electron chi connectivity index (χ3n) is 4.65. The van der Waals surface area contributed by atoms with E-state index in [4.69, 9.17) is 0 Å². The van der Waals surface area contributed by atoms with Gasteiger partial charge in [0.2, 0.25) is 0 Å². The molecule has 2 rings (SSSR count). The Labute approximate surface area is 120 Å². The predicted octanol–water partition coefficient (Wildman–Crippen LogP) is 0.977. The monoisotopic (exact) mass is 283 g/mol. The van der Waals surface area contributed by atoms with Crippen LogP contribution in [-0.2, 0) is 4.79 Å². The van der Waals surface area contributed by atoms with E-state index in [1.165, 1.54) is 0 Å². The smallest absolute Gasteiger partial charge is 0.317 e. The van der Waals surface area contributed by atoms with E-state index in [1.54, 1.807) is 0 Å². The topological polar surface area (TPSA) is 72.9 Å². The van der Waals surface area contributed by atoms with Crippen LogP contribution in [0, 0.1) is 5.41 Å². The number of aliphatic carboxylic acids is 1. The average Bonchev–Trinajstić information content (AvgIpc) is 2.47. The van der Waals surface area contributed by atoms with Crippen LogP contribution in [0.3, 0.4) is 0 Å². The molecule has 20 heavy (non-hydrogen) atoms. The maximum atomic E-state index is 12.3. The third kappa shape index (κ3) is 3.06. The Balaban J connectivity index is 1.89. The Bertz CT molecular complexity index is 382. The van der Waals surface area contributed by atoms with Crippen molar-refractivity contribution in [2.75, 3.05) is 33.2 Å². The second-order valence-corrected chi connectivity index (χ2v) is 6.26. The van der Waals surface area contributed by atoms with Crippen LogP contribution in [0.1, 0.15) is 32.6 Å². The van der Waals surface area contributed by atoms with E-state index in [0.29, 0.717) is 12.8 Å². The number of rotatable bonds is 3. The largest absolute Gasteiger partial charge is 0.481 e. The number of nitrogens with one attached hydrogen (secondary N) is 1. The summed E-state index contributed by atoms with van der Waals surface area (Å²) in [6.07, 6.45) is 3.23. The van der Waals surface area contributed by atoms with Crippen molar-refractivity contribution in [2.24, 2.45) is 5.41 Å². The average molecular weight is 283 g/mol. The predicted molar refractivity (Wildman–Crippen MR) is 75.6 cm³/mol. The van der Waals surface area contributed by atoms with Crippen molar-refractivity contribution in [3.63, 3.8) is 0 Å². The highest BCUT2D eigenvalue weighted by Gasteiger charge is 2.44. The summed E-state index contributed by atoms with van der Waals surface area (Å²) >= 11 is 0. The minimum absolute atomic E-state index is 0.125. The first-order chi connectivity index (χ1) is 9.44. The molecule has 0 aromatic carbocycles. The summed E-state index contributed by atoms with van der Waals surface area (Å²) in [5.74, 6) is -0.785. The molecule has 114 valence electrons. The summed E-state index contributed by atoms with van der Waals surface area (Å²) in [4.78, 5) is 27.6. The van der Waals surface area contributed by atoms with Crippen LogP contribution < -0.4 is 5.32 Å². The van der Waals surface area contributed by atoms with Gasteiger partial charge in [-0.2, -0.15) is 0 Å². The van der Waals surface area contributed by atoms with Crippen LogP contribution in [0.4, 0.5) is 4.79 Å². The van der Waals surface area contributed by atoms with Crippen LogP contribution in [-0.4, -0.2) is 66.2 Å². The van der Waals surface area contributed by atoms with E-state index in [-0.39, 0.29) is 18.6 Å². The normalized spacial score (nSPS) is 26.5. The van der Waals surface area contributed by atoms with E-state index < -0.39 is 11.4 Å². The summed E-state index contributed by atoms with van der Waals surface area (Å²) in [6.45, 7) is 4.88. The first-order valence-electron chi connectivity index (χ1n) is 7.41. The number of hydrogen-bond donors (Lipinski definition) is 2. The van der Waals surface area contributed by atoms with Crippen molar-refractivity contribution in [1.82, 2.24) is 15.1 Å². The molecule has 0 radical (unpaired) electrons. The van der Waals surface area contributed by atoms with Gasteiger partial charge in [-0.1, -0.05) is 6.42 Å². The highest BCUT2D eigenvalue weighted by Crippen LogP contribution is 2.40. The van der Waals surface area contributed by atoms with Gasteiger partial charge in [0.05, 0.1) is 5.41 Å². The minimum Gasteiger partial charge on any atom is -0.481 e. The quantitative estimate of drug-likeness (QED) is 0.810. The van der Waals surface area contributed by atoms with E-state index in [0.717, 1.165) is 32.5 Å². The zero-order valence-electron chi connectivity index (χ0n) is 12.4. The summed E-state index contributed by atoms with van der Waals surface area (Å²) in [7, 11) is 2.06. The van der Waals surface area contributed by atoms with Gasteiger partial charge in [-0.3, -0.25) is 4.79 Å². The molecule has 0 aromatic rings. The molecule has 1 aliphatic heterocycles. The maximum absolute atomic E-state index is 12.3. The molecule has 2 amide bonds. The van der Waals surface area contributed by atoms with E-state index >= 15 is 0 Å². The molecule has 1 saturated heterocycles. The van der Waals surface area contributed by atoms with Gasteiger partial charge in [0, 0.05) is 25.7 Å². The zero-order chi connectivity index (χ0) is 14.8. The summed E-state index contributed by atoms with van der Waals surface area (Å²) in [5.41, 5.74) is -0.721. The number of carboxylic acids is 1. The van der Waals surface area contributed by atoms with Crippen molar-refractivity contribution in [2.45, 2.75) is 38.6 Å². The van der Waals surface area contributed by atoms with Gasteiger partial charge in [0.15, 0.2) is 0 Å². The summed E-state index contributed by atoms with van der Waals surface area (Å²) < 4.78 is 0. The van der Waals surface area contributed by atoms with Gasteiger partial charge in [-0.25, -0.2) is 4.79 Å². The first-order valence-corrected chi connectivity index (χ1v) is 7.41. The van der Waals surface area contributed by atoms with Gasteiger partial charge in [0.25, 0.3) is 0 Å². The fourth-order valence-electron chi connectivity index (χ4n) is 3.09. The molecule has 0 bridgehead atoms. The maximum Gasteiger partial charge on any atom is 0.317 e. The van der Waals surface area contributed by atoms with Crippen LogP contribution in [0.15, 0.2) is 0 Å². The molecule has 6 nitrogen and oxygen atoms in total. The van der Waals surface area contributed by atoms with Gasteiger partial charge in [0.1, 0.15) is 0 Å². The Hall–Kier alpha value is -1.30. The first kappa shape index (κ1) is 15.1. The molecule has 6 heteroatoms. The molecular formula is C14H25N3O3. The highest BCUT2D eigenvalue weighted by atomic mass is 16.4. The standard InChI is InChI=1S/C14H25N3O3/c1-11-9-16(2)7-4-8-17(11)13(20)15-10-14(12(18)19)5-3-6-14/h11H,3-10H2,1-2H3,(H,15,20)(H,18,19). The van der Waals surface area contributed by atoms with Crippen LogP contribution in [0.5, 0.6) is 0 Å². The molecule has 1 aliphatic carbocycles. The van der Waals surface area contributed by atoms with Crippen molar-refractivity contribution >= 4 is 12.0 Å². The van der Waals surface area contributed by atoms with Crippen molar-refractivity contribution < 1.29 is 14.7 Å². The summed E-state index contributed by atoms with van der Waals surface area (Å²) in [5, 5.41) is 12.1. The molecular weight excluding hydrogens is 258 g/mol.